The Balaban J connectivity index is 1.55. The second kappa shape index (κ2) is 12.7. The van der Waals surface area contributed by atoms with Gasteiger partial charge < -0.3 is 9.47 Å². The first-order valence-electron chi connectivity index (χ1n) is 17.7. The summed E-state index contributed by atoms with van der Waals surface area (Å²) in [5, 5.41) is 2.52. The molecule has 0 saturated heterocycles. The molecule has 6 aromatic rings. The molecular weight excluding hydrogens is 740 g/mol. The molecule has 0 fully saturated rings. The summed E-state index contributed by atoms with van der Waals surface area (Å²) in [6.45, 7) is 27.3. The summed E-state index contributed by atoms with van der Waals surface area (Å²) < 4.78 is 4.62. The average molecular weight is 793 g/mol. The maximum atomic E-state index is 4.04. The molecule has 6 rings (SSSR count). The van der Waals surface area contributed by atoms with Gasteiger partial charge in [0.25, 0.3) is 0 Å². The topological polar surface area (TPSA) is 8.17 Å². The fraction of sp³-hybridized carbons (Fsp3) is 0.348. The van der Waals surface area contributed by atoms with Crippen molar-refractivity contribution >= 4 is 70.7 Å². The Bertz CT molecular complexity index is 2040. The highest BCUT2D eigenvalue weighted by molar-refractivity contribution is 9.11. The van der Waals surface area contributed by atoms with Gasteiger partial charge in [0.2, 0.25) is 0 Å². The normalized spacial score (nSPS) is 13.0. The van der Waals surface area contributed by atoms with Crippen LogP contribution in [0.2, 0.25) is 0 Å². The number of nitrogens with zero attached hydrogens (tertiary/aromatic N) is 2. The van der Waals surface area contributed by atoms with Crippen molar-refractivity contribution in [2.75, 3.05) is 4.90 Å². The number of benzene rings is 5. The molecule has 260 valence electrons. The highest BCUT2D eigenvalue weighted by Gasteiger charge is 2.25. The lowest BCUT2D eigenvalue weighted by Crippen LogP contribution is -2.14. The summed E-state index contributed by atoms with van der Waals surface area (Å²) >= 11 is 8.09. The smallest absolute Gasteiger partial charge is 0.0683 e. The molecule has 2 nitrogen and oxygen atoms in total. The number of halogens is 2. The van der Waals surface area contributed by atoms with E-state index in [2.05, 4.69) is 221 Å². The summed E-state index contributed by atoms with van der Waals surface area (Å²) in [6, 6.07) is 36.6. The van der Waals surface area contributed by atoms with Gasteiger partial charge in [-0.15, -0.1) is 0 Å². The molecule has 4 heteroatoms. The fourth-order valence-corrected chi connectivity index (χ4v) is 7.99. The Morgan fingerprint density at radius 3 is 1.00 bits per heavy atom. The SMILES string of the molecule is CC(C)(C)c1ccc(N(c2ccc(-n3c4c(Br)cc(C(C)(C)C)cc4c4cc(C(C)(C)C)cc(Br)c43)cc2)c2ccc(C(C)(C)C)cc2)cc1. The molecule has 0 bridgehead atoms. The lowest BCUT2D eigenvalue weighted by molar-refractivity contribution is 0.590. The minimum atomic E-state index is 0.0191. The molecule has 50 heavy (non-hydrogen) atoms. The Morgan fingerprint density at radius 2 is 0.700 bits per heavy atom. The molecular formula is C46H52Br2N2. The molecule has 5 aromatic carbocycles. The molecule has 0 N–H and O–H groups in total. The maximum absolute atomic E-state index is 4.04. The standard InChI is InChI=1S/C46H52Br2N2/c1-43(2,3)29-13-17-33(18-14-29)49(34-19-15-30(16-20-34)44(4,5)6)35-21-23-36(24-22-35)50-41-37(25-31(27-39(41)47)45(7,8)9)38-26-32(46(10,11)12)28-40(48)42(38)50/h13-28H,1-12H3. The zero-order valence-electron chi connectivity index (χ0n) is 31.9. The summed E-state index contributed by atoms with van der Waals surface area (Å²) in [5.41, 5.74) is 12.4. The van der Waals surface area contributed by atoms with Gasteiger partial charge in [-0.3, -0.25) is 0 Å². The molecule has 1 aromatic heterocycles. The number of aromatic nitrogens is 1. The summed E-state index contributed by atoms with van der Waals surface area (Å²) in [4.78, 5) is 2.37. The van der Waals surface area contributed by atoms with Gasteiger partial charge in [-0.25, -0.2) is 0 Å². The van der Waals surface area contributed by atoms with E-state index in [1.54, 1.807) is 0 Å². The van der Waals surface area contributed by atoms with Crippen LogP contribution in [0.25, 0.3) is 27.5 Å². The number of anilines is 3. The van der Waals surface area contributed by atoms with Crippen LogP contribution in [-0.2, 0) is 21.7 Å². The predicted molar refractivity (Wildman–Crippen MR) is 226 cm³/mol. The second-order valence-corrected chi connectivity index (χ2v) is 19.7. The number of hydrogen-bond donors (Lipinski definition) is 0. The van der Waals surface area contributed by atoms with E-state index in [9.17, 15) is 0 Å². The van der Waals surface area contributed by atoms with Gasteiger partial charge in [-0.05, 0) is 149 Å². The lowest BCUT2D eigenvalue weighted by atomic mass is 9.85. The third kappa shape index (κ3) is 6.95. The van der Waals surface area contributed by atoms with Gasteiger partial charge in [-0.2, -0.15) is 0 Å². The van der Waals surface area contributed by atoms with E-state index in [-0.39, 0.29) is 21.7 Å². The molecule has 0 aliphatic heterocycles. The van der Waals surface area contributed by atoms with Crippen molar-refractivity contribution in [2.45, 2.75) is 105 Å². The molecule has 0 spiro atoms. The Hall–Kier alpha value is -3.34. The van der Waals surface area contributed by atoms with E-state index in [0.717, 1.165) is 31.7 Å². The second-order valence-electron chi connectivity index (χ2n) is 18.0. The van der Waals surface area contributed by atoms with Crippen LogP contribution in [0.3, 0.4) is 0 Å². The fourth-order valence-electron chi connectivity index (χ4n) is 6.72. The van der Waals surface area contributed by atoms with Crippen molar-refractivity contribution in [3.05, 3.63) is 128 Å². The summed E-state index contributed by atoms with van der Waals surface area (Å²) in [5.74, 6) is 0. The van der Waals surface area contributed by atoms with Crippen LogP contribution >= 0.6 is 31.9 Å². The van der Waals surface area contributed by atoms with Crippen molar-refractivity contribution < 1.29 is 0 Å². The molecule has 0 unspecified atom stereocenters. The van der Waals surface area contributed by atoms with Crippen LogP contribution in [0.5, 0.6) is 0 Å². The lowest BCUT2D eigenvalue weighted by Gasteiger charge is -2.28. The first-order chi connectivity index (χ1) is 23.1. The van der Waals surface area contributed by atoms with Gasteiger partial charge in [0, 0.05) is 42.5 Å². The molecule has 0 aliphatic rings. The monoisotopic (exact) mass is 790 g/mol. The number of fused-ring (bicyclic) bond motifs is 3. The largest absolute Gasteiger partial charge is 0.311 e. The highest BCUT2D eigenvalue weighted by Crippen LogP contribution is 2.44. The van der Waals surface area contributed by atoms with Gasteiger partial charge in [0.05, 0.1) is 11.0 Å². The van der Waals surface area contributed by atoms with Gasteiger partial charge in [0.1, 0.15) is 0 Å². The van der Waals surface area contributed by atoms with Crippen molar-refractivity contribution in [1.82, 2.24) is 4.57 Å². The molecule has 1 heterocycles. The highest BCUT2D eigenvalue weighted by atomic mass is 79.9. The molecule has 0 atom stereocenters. The van der Waals surface area contributed by atoms with E-state index in [0.29, 0.717) is 0 Å². The molecule has 0 radical (unpaired) electrons. The van der Waals surface area contributed by atoms with Gasteiger partial charge in [-0.1, -0.05) is 107 Å². The van der Waals surface area contributed by atoms with E-state index in [1.807, 2.05) is 0 Å². The van der Waals surface area contributed by atoms with Gasteiger partial charge in [0.15, 0.2) is 0 Å². The summed E-state index contributed by atoms with van der Waals surface area (Å²) in [7, 11) is 0. The van der Waals surface area contributed by atoms with Crippen LogP contribution in [0.1, 0.15) is 105 Å². The van der Waals surface area contributed by atoms with Gasteiger partial charge >= 0.3 is 0 Å². The zero-order valence-corrected chi connectivity index (χ0v) is 35.1. The zero-order chi connectivity index (χ0) is 36.6. The first-order valence-corrected chi connectivity index (χ1v) is 19.3. The molecule has 0 amide bonds. The minimum absolute atomic E-state index is 0.0191. The predicted octanol–water partition coefficient (Wildman–Crippen LogP) is 15.0. The van der Waals surface area contributed by atoms with Crippen molar-refractivity contribution in [1.29, 1.82) is 0 Å². The third-order valence-electron chi connectivity index (χ3n) is 9.95. The van der Waals surface area contributed by atoms with Crippen LogP contribution in [0.15, 0.2) is 106 Å². The minimum Gasteiger partial charge on any atom is -0.311 e. The quantitative estimate of drug-likeness (QED) is 0.173. The van der Waals surface area contributed by atoms with Crippen LogP contribution < -0.4 is 4.90 Å². The Labute approximate surface area is 317 Å². The maximum Gasteiger partial charge on any atom is 0.0683 e. The van der Waals surface area contributed by atoms with Crippen LogP contribution in [-0.4, -0.2) is 4.57 Å². The Morgan fingerprint density at radius 1 is 0.400 bits per heavy atom. The number of hydrogen-bond acceptors (Lipinski definition) is 1. The molecule has 0 saturated carbocycles. The van der Waals surface area contributed by atoms with E-state index >= 15 is 0 Å². The number of rotatable bonds is 4. The van der Waals surface area contributed by atoms with E-state index < -0.39 is 0 Å². The van der Waals surface area contributed by atoms with Crippen molar-refractivity contribution in [3.8, 4) is 5.69 Å². The van der Waals surface area contributed by atoms with Crippen molar-refractivity contribution in [2.24, 2.45) is 0 Å². The Kier molecular flexibility index (Phi) is 9.26. The van der Waals surface area contributed by atoms with Crippen LogP contribution in [0, 0.1) is 0 Å². The van der Waals surface area contributed by atoms with E-state index in [4.69, 9.17) is 0 Å². The summed E-state index contributed by atoms with van der Waals surface area (Å²) in [6.07, 6.45) is 0. The van der Waals surface area contributed by atoms with E-state index in [1.165, 1.54) is 44.1 Å². The third-order valence-corrected chi connectivity index (χ3v) is 11.2. The average Bonchev–Trinajstić information content (AvgIpc) is 3.36. The first kappa shape index (κ1) is 36.5. The molecule has 0 aliphatic carbocycles. The van der Waals surface area contributed by atoms with Crippen molar-refractivity contribution in [3.63, 3.8) is 0 Å². The van der Waals surface area contributed by atoms with Crippen LogP contribution in [0.4, 0.5) is 17.1 Å².